The maximum absolute atomic E-state index is 13.9. The van der Waals surface area contributed by atoms with Crippen LogP contribution >= 0.6 is 0 Å². The number of hydrogen-bond acceptors (Lipinski definition) is 5. The van der Waals surface area contributed by atoms with Crippen LogP contribution in [0.3, 0.4) is 0 Å². The molecule has 226 valence electrons. The van der Waals surface area contributed by atoms with E-state index in [1.165, 1.54) is 19.2 Å². The number of aliphatic carboxylic acids is 1. The summed E-state index contributed by atoms with van der Waals surface area (Å²) >= 11 is 0. The first kappa shape index (κ1) is 30.8. The number of alkyl halides is 6. The third kappa shape index (κ3) is 8.67. The molecule has 0 spiro atoms. The van der Waals surface area contributed by atoms with E-state index in [-0.39, 0.29) is 29.5 Å². The lowest BCUT2D eigenvalue weighted by atomic mass is 9.91. The van der Waals surface area contributed by atoms with Gasteiger partial charge in [-0.15, -0.1) is 0 Å². The highest BCUT2D eigenvalue weighted by molar-refractivity contribution is 5.68. The molecule has 0 bridgehead atoms. The van der Waals surface area contributed by atoms with Crippen LogP contribution in [0.25, 0.3) is 0 Å². The fourth-order valence-corrected chi connectivity index (χ4v) is 5.42. The van der Waals surface area contributed by atoms with Crippen molar-refractivity contribution in [2.75, 3.05) is 38.3 Å². The van der Waals surface area contributed by atoms with Crippen LogP contribution in [0.2, 0.25) is 0 Å². The monoisotopic (exact) mass is 588 g/mol. The second kappa shape index (κ2) is 12.8. The topological polar surface area (TPSA) is 71.0 Å². The molecule has 1 heterocycles. The number of ether oxygens (including phenoxy) is 2. The van der Waals surface area contributed by atoms with Crippen LogP contribution in [0.4, 0.5) is 32.0 Å². The Morgan fingerprint density at radius 1 is 1.02 bits per heavy atom. The van der Waals surface area contributed by atoms with Crippen LogP contribution in [-0.2, 0) is 4.79 Å². The molecule has 2 N–H and O–H groups in total. The molecule has 2 aliphatic rings. The number of carbonyl (C=O) groups is 1. The average molecular weight is 589 g/mol. The smallest absolute Gasteiger partial charge is 0.407 e. The number of methoxy groups -OCH3 is 1. The summed E-state index contributed by atoms with van der Waals surface area (Å²) in [5.41, 5.74) is 0.824. The predicted octanol–water partition coefficient (Wildman–Crippen LogP) is 6.71. The largest absolute Gasteiger partial charge is 0.497 e. The van der Waals surface area contributed by atoms with E-state index in [1.54, 1.807) is 10.2 Å². The first-order valence-electron chi connectivity index (χ1n) is 13.6. The van der Waals surface area contributed by atoms with Gasteiger partial charge >= 0.3 is 18.3 Å². The average Bonchev–Trinajstić information content (AvgIpc) is 3.75. The molecule has 2 aromatic carbocycles. The zero-order valence-electron chi connectivity index (χ0n) is 22.6. The summed E-state index contributed by atoms with van der Waals surface area (Å²) in [5.74, 6) is 0.536. The Balaban J connectivity index is 1.41. The van der Waals surface area contributed by atoms with Crippen molar-refractivity contribution in [2.45, 2.75) is 56.4 Å². The number of benzene rings is 2. The standard InChI is InChI=1S/C29H34F6N2O4/c1-40-21-7-8-23(27(29(33,34)35)36-17-28(30,31)32)25(14-21)37-11-9-18(10-12-37)16-41-22-4-2-3-20(13-22)24(15-26(38)39)19-5-6-19/h2-4,7-8,13-14,18-19,24,27,36H,5-6,9-12,15-17H2,1H3,(H,38,39). The fraction of sp³-hybridized carbons (Fsp3) is 0.552. The van der Waals surface area contributed by atoms with Gasteiger partial charge in [-0.1, -0.05) is 18.2 Å². The fourth-order valence-electron chi connectivity index (χ4n) is 5.42. The molecule has 0 amide bonds. The predicted molar refractivity (Wildman–Crippen MR) is 140 cm³/mol. The SMILES string of the molecule is COc1ccc(C(NCC(F)(F)F)C(F)(F)F)c(N2CCC(COc3cccc(C(CC(=O)O)C4CC4)c3)CC2)c1. The number of carboxylic acid groups (broad SMARTS) is 1. The summed E-state index contributed by atoms with van der Waals surface area (Å²) in [5, 5.41) is 10.9. The van der Waals surface area contributed by atoms with Gasteiger partial charge in [0.05, 0.1) is 26.7 Å². The van der Waals surface area contributed by atoms with E-state index in [1.807, 2.05) is 24.3 Å². The van der Waals surface area contributed by atoms with Crippen molar-refractivity contribution in [3.63, 3.8) is 0 Å². The van der Waals surface area contributed by atoms with Gasteiger partial charge in [-0.3, -0.25) is 10.1 Å². The van der Waals surface area contributed by atoms with E-state index in [2.05, 4.69) is 0 Å². The molecule has 1 saturated carbocycles. The molecule has 2 fully saturated rings. The number of anilines is 1. The van der Waals surface area contributed by atoms with Crippen LogP contribution in [-0.4, -0.2) is 56.8 Å². The molecule has 1 aliphatic carbocycles. The van der Waals surface area contributed by atoms with Gasteiger partial charge in [0, 0.05) is 30.4 Å². The highest BCUT2D eigenvalue weighted by Gasteiger charge is 2.44. The lowest BCUT2D eigenvalue weighted by Gasteiger charge is -2.36. The molecule has 1 aliphatic heterocycles. The van der Waals surface area contributed by atoms with Gasteiger partial charge in [0.15, 0.2) is 0 Å². The number of nitrogens with zero attached hydrogens (tertiary/aromatic N) is 1. The van der Waals surface area contributed by atoms with E-state index in [0.717, 1.165) is 24.5 Å². The molecule has 0 radical (unpaired) electrons. The van der Waals surface area contributed by atoms with Gasteiger partial charge in [0.25, 0.3) is 0 Å². The summed E-state index contributed by atoms with van der Waals surface area (Å²) in [6, 6.07) is 8.87. The summed E-state index contributed by atoms with van der Waals surface area (Å²) in [6.07, 6.45) is -6.45. The molecule has 1 saturated heterocycles. The van der Waals surface area contributed by atoms with Crippen molar-refractivity contribution in [1.29, 1.82) is 0 Å². The number of carboxylic acids is 1. The third-order valence-corrected chi connectivity index (χ3v) is 7.70. The van der Waals surface area contributed by atoms with E-state index in [0.29, 0.717) is 50.0 Å². The third-order valence-electron chi connectivity index (χ3n) is 7.70. The second-order valence-corrected chi connectivity index (χ2v) is 10.8. The number of rotatable bonds is 12. The summed E-state index contributed by atoms with van der Waals surface area (Å²) in [7, 11) is 1.37. The molecular formula is C29H34F6N2O4. The first-order valence-corrected chi connectivity index (χ1v) is 13.6. The Morgan fingerprint density at radius 2 is 1.73 bits per heavy atom. The maximum Gasteiger partial charge on any atom is 0.407 e. The van der Waals surface area contributed by atoms with Gasteiger partial charge in [-0.2, -0.15) is 26.3 Å². The van der Waals surface area contributed by atoms with E-state index < -0.39 is 30.9 Å². The molecule has 2 unspecified atom stereocenters. The van der Waals surface area contributed by atoms with Crippen LogP contribution in [0.15, 0.2) is 42.5 Å². The summed E-state index contributed by atoms with van der Waals surface area (Å²) < 4.78 is 91.3. The Labute approximate surface area is 234 Å². The van der Waals surface area contributed by atoms with Crippen LogP contribution in [0, 0.1) is 11.8 Å². The van der Waals surface area contributed by atoms with E-state index >= 15 is 0 Å². The van der Waals surface area contributed by atoms with Crippen LogP contribution in [0.5, 0.6) is 11.5 Å². The van der Waals surface area contributed by atoms with Gasteiger partial charge in [-0.25, -0.2) is 0 Å². The lowest BCUT2D eigenvalue weighted by molar-refractivity contribution is -0.171. The number of nitrogens with one attached hydrogen (secondary N) is 1. The molecule has 4 rings (SSSR count). The Bertz CT molecular complexity index is 1180. The molecule has 2 aromatic rings. The van der Waals surface area contributed by atoms with Crippen molar-refractivity contribution >= 4 is 11.7 Å². The highest BCUT2D eigenvalue weighted by atomic mass is 19.4. The number of halogens is 6. The van der Waals surface area contributed by atoms with Crippen molar-refractivity contribution in [1.82, 2.24) is 5.32 Å². The van der Waals surface area contributed by atoms with Crippen LogP contribution in [0.1, 0.15) is 55.2 Å². The van der Waals surface area contributed by atoms with E-state index in [9.17, 15) is 36.2 Å². The minimum atomic E-state index is -4.95. The molecule has 41 heavy (non-hydrogen) atoms. The minimum absolute atomic E-state index is 0.0532. The second-order valence-electron chi connectivity index (χ2n) is 10.8. The molecule has 2 atom stereocenters. The van der Waals surface area contributed by atoms with Gasteiger partial charge in [-0.05, 0) is 67.2 Å². The van der Waals surface area contributed by atoms with Crippen molar-refractivity contribution in [3.8, 4) is 11.5 Å². The quantitative estimate of drug-likeness (QED) is 0.269. The van der Waals surface area contributed by atoms with Gasteiger partial charge in [0.1, 0.15) is 17.5 Å². The molecular weight excluding hydrogens is 554 g/mol. The van der Waals surface area contributed by atoms with Crippen LogP contribution < -0.4 is 19.7 Å². The Morgan fingerprint density at radius 3 is 2.32 bits per heavy atom. The lowest BCUT2D eigenvalue weighted by Crippen LogP contribution is -2.41. The molecule has 0 aromatic heterocycles. The normalized spacial score (nSPS) is 18.2. The van der Waals surface area contributed by atoms with Crippen molar-refractivity contribution in [2.24, 2.45) is 11.8 Å². The maximum atomic E-state index is 13.9. The number of hydrogen-bond donors (Lipinski definition) is 2. The van der Waals surface area contributed by atoms with E-state index in [4.69, 9.17) is 9.47 Å². The zero-order valence-corrected chi connectivity index (χ0v) is 22.6. The van der Waals surface area contributed by atoms with Gasteiger partial charge in [0.2, 0.25) is 0 Å². The Kier molecular flexibility index (Phi) is 9.61. The van der Waals surface area contributed by atoms with Crippen molar-refractivity contribution < 1.29 is 45.7 Å². The Hall–Kier alpha value is -3.15. The van der Waals surface area contributed by atoms with Crippen molar-refractivity contribution in [3.05, 3.63) is 53.6 Å². The highest BCUT2D eigenvalue weighted by Crippen LogP contribution is 2.45. The summed E-state index contributed by atoms with van der Waals surface area (Å²) in [4.78, 5) is 13.1. The van der Waals surface area contributed by atoms with Gasteiger partial charge < -0.3 is 19.5 Å². The zero-order chi connectivity index (χ0) is 29.8. The molecule has 6 nitrogen and oxygen atoms in total. The first-order chi connectivity index (χ1) is 19.3. The molecule has 12 heteroatoms. The number of piperidine rings is 1. The minimum Gasteiger partial charge on any atom is -0.497 e. The summed E-state index contributed by atoms with van der Waals surface area (Å²) in [6.45, 7) is -0.616.